The summed E-state index contributed by atoms with van der Waals surface area (Å²) in [6, 6.07) is 0.665. The number of aliphatic hydroxyl groups excluding tert-OH is 1. The third-order valence-electron chi connectivity index (χ3n) is 4.06. The molecule has 0 saturated heterocycles. The number of thioether (sulfide) groups is 1. The monoisotopic (exact) mass is 298 g/mol. The Balaban J connectivity index is 1.62. The first-order chi connectivity index (χ1) is 9.19. The summed E-state index contributed by atoms with van der Waals surface area (Å²) >= 11 is 3.65. The van der Waals surface area contributed by atoms with Crippen molar-refractivity contribution >= 4 is 23.1 Å². The summed E-state index contributed by atoms with van der Waals surface area (Å²) in [6.45, 7) is 2.32. The lowest BCUT2D eigenvalue weighted by molar-refractivity contribution is 0.122. The predicted molar refractivity (Wildman–Crippen MR) is 80.9 cm³/mol. The van der Waals surface area contributed by atoms with Crippen LogP contribution in [0.15, 0.2) is 9.72 Å². The van der Waals surface area contributed by atoms with Gasteiger partial charge in [-0.2, -0.15) is 0 Å². The summed E-state index contributed by atoms with van der Waals surface area (Å²) in [5.41, 5.74) is 1.09. The summed E-state index contributed by atoms with van der Waals surface area (Å²) in [4.78, 5) is 4.55. The summed E-state index contributed by atoms with van der Waals surface area (Å²) < 4.78 is 1.18. The molecule has 0 aromatic carbocycles. The molecule has 106 valence electrons. The van der Waals surface area contributed by atoms with Crippen molar-refractivity contribution in [3.8, 4) is 0 Å². The summed E-state index contributed by atoms with van der Waals surface area (Å²) in [5.74, 6) is 0. The molecule has 2 saturated carbocycles. The fraction of sp³-hybridized carbons (Fsp3) is 0.786. The number of nitrogens with zero attached hydrogens (tertiary/aromatic N) is 1. The van der Waals surface area contributed by atoms with Gasteiger partial charge in [0.2, 0.25) is 0 Å². The fourth-order valence-corrected chi connectivity index (χ4v) is 5.38. The lowest BCUT2D eigenvalue weighted by Crippen LogP contribution is -2.53. The molecule has 2 N–H and O–H groups in total. The molecule has 1 heterocycles. The van der Waals surface area contributed by atoms with Gasteiger partial charge in [0, 0.05) is 27.9 Å². The smallest absolute Gasteiger partial charge is 0.150 e. The van der Waals surface area contributed by atoms with Gasteiger partial charge < -0.3 is 10.4 Å². The van der Waals surface area contributed by atoms with Crippen molar-refractivity contribution in [3.63, 3.8) is 0 Å². The van der Waals surface area contributed by atoms with Crippen molar-refractivity contribution < 1.29 is 5.11 Å². The number of hydrogen-bond acceptors (Lipinski definition) is 5. The molecule has 2 fully saturated rings. The van der Waals surface area contributed by atoms with Gasteiger partial charge in [0.25, 0.3) is 0 Å². The Morgan fingerprint density at radius 2 is 2.37 bits per heavy atom. The zero-order valence-corrected chi connectivity index (χ0v) is 13.0. The molecule has 2 atom stereocenters. The molecule has 0 spiro atoms. The number of rotatable bonds is 5. The number of aromatic nitrogens is 1. The number of aliphatic hydroxyl groups is 1. The predicted octanol–water partition coefficient (Wildman–Crippen LogP) is 2.97. The lowest BCUT2D eigenvalue weighted by atomic mass is 9.82. The fourth-order valence-electron chi connectivity index (χ4n) is 2.92. The van der Waals surface area contributed by atoms with E-state index in [2.05, 4.69) is 15.7 Å². The third kappa shape index (κ3) is 3.51. The number of nitrogens with one attached hydrogen (secondary N) is 1. The van der Waals surface area contributed by atoms with E-state index in [1.165, 1.54) is 30.0 Å². The molecule has 1 aromatic heterocycles. The average Bonchev–Trinajstić information content (AvgIpc) is 3.11. The van der Waals surface area contributed by atoms with Gasteiger partial charge in [-0.1, -0.05) is 18.2 Å². The highest BCUT2D eigenvalue weighted by Gasteiger charge is 2.40. The largest absolute Gasteiger partial charge is 0.394 e. The number of hydrogen-bond donors (Lipinski definition) is 2. The van der Waals surface area contributed by atoms with E-state index in [1.807, 2.05) is 18.7 Å². The quantitative estimate of drug-likeness (QED) is 0.877. The summed E-state index contributed by atoms with van der Waals surface area (Å²) in [7, 11) is 0. The van der Waals surface area contributed by atoms with Gasteiger partial charge in [-0.25, -0.2) is 4.98 Å². The minimum atomic E-state index is -0.0244. The Hall–Kier alpha value is -0.100. The second kappa shape index (κ2) is 5.72. The first-order valence-corrected chi connectivity index (χ1v) is 8.92. The maximum absolute atomic E-state index is 9.82. The van der Waals surface area contributed by atoms with Crippen LogP contribution >= 0.6 is 23.1 Å². The molecule has 0 aliphatic heterocycles. The second-order valence-corrected chi connectivity index (χ2v) is 8.35. The Kier molecular flexibility index (Phi) is 4.17. The zero-order valence-electron chi connectivity index (χ0n) is 11.4. The molecule has 0 radical (unpaired) electrons. The van der Waals surface area contributed by atoms with Crippen molar-refractivity contribution in [2.75, 3.05) is 6.61 Å². The van der Waals surface area contributed by atoms with Crippen molar-refractivity contribution in [2.45, 2.75) is 66.6 Å². The Morgan fingerprint density at radius 3 is 3.00 bits per heavy atom. The van der Waals surface area contributed by atoms with Crippen LogP contribution in [0.1, 0.15) is 44.2 Å². The minimum Gasteiger partial charge on any atom is -0.394 e. The van der Waals surface area contributed by atoms with E-state index in [-0.39, 0.29) is 12.1 Å². The van der Waals surface area contributed by atoms with E-state index in [0.29, 0.717) is 11.3 Å². The van der Waals surface area contributed by atoms with Crippen molar-refractivity contribution in [3.05, 3.63) is 11.1 Å². The van der Waals surface area contributed by atoms with E-state index >= 15 is 0 Å². The molecule has 0 bridgehead atoms. The molecule has 2 unspecified atom stereocenters. The van der Waals surface area contributed by atoms with Gasteiger partial charge in [0.05, 0.1) is 6.61 Å². The van der Waals surface area contributed by atoms with E-state index in [9.17, 15) is 5.11 Å². The van der Waals surface area contributed by atoms with Crippen LogP contribution in [-0.2, 0) is 0 Å². The molecule has 3 nitrogen and oxygen atoms in total. The average molecular weight is 298 g/mol. The highest BCUT2D eigenvalue weighted by molar-refractivity contribution is 8.01. The molecule has 3 rings (SSSR count). The molecular formula is C14H22N2OS2. The van der Waals surface area contributed by atoms with Crippen LogP contribution in [0.25, 0.3) is 0 Å². The minimum absolute atomic E-state index is 0.0244. The molecule has 2 aliphatic carbocycles. The normalized spacial score (nSPS) is 31.6. The maximum Gasteiger partial charge on any atom is 0.150 e. The van der Waals surface area contributed by atoms with Crippen molar-refractivity contribution in [1.29, 1.82) is 0 Å². The Labute approximate surface area is 123 Å². The lowest BCUT2D eigenvalue weighted by Gasteiger charge is -2.40. The molecule has 5 heteroatoms. The van der Waals surface area contributed by atoms with Gasteiger partial charge in [-0.15, -0.1) is 11.3 Å². The van der Waals surface area contributed by atoms with Crippen LogP contribution in [0.4, 0.5) is 0 Å². The molecular weight excluding hydrogens is 276 g/mol. The molecule has 2 aliphatic rings. The first kappa shape index (κ1) is 13.9. The highest BCUT2D eigenvalue weighted by Crippen LogP contribution is 2.40. The van der Waals surface area contributed by atoms with Crippen LogP contribution in [0.5, 0.6) is 0 Å². The first-order valence-electron chi connectivity index (χ1n) is 7.16. The van der Waals surface area contributed by atoms with Gasteiger partial charge in [0.1, 0.15) is 4.34 Å². The summed E-state index contributed by atoms with van der Waals surface area (Å²) in [6.07, 6.45) is 7.22. The van der Waals surface area contributed by atoms with Gasteiger partial charge in [-0.05, 0) is 39.0 Å². The van der Waals surface area contributed by atoms with Crippen molar-refractivity contribution in [1.82, 2.24) is 10.3 Å². The number of thiazole rings is 1. The summed E-state index contributed by atoms with van der Waals surface area (Å²) in [5, 5.41) is 16.2. The standard InChI is InChI=1S/C14H22N2OS2/c1-10-8-18-13(15-10)19-12-3-2-6-14(7-12,9-17)16-11-4-5-11/h8,11-12,16-17H,2-7,9H2,1H3. The van der Waals surface area contributed by atoms with Crippen LogP contribution < -0.4 is 5.32 Å². The highest BCUT2D eigenvalue weighted by atomic mass is 32.2. The van der Waals surface area contributed by atoms with Gasteiger partial charge in [0.15, 0.2) is 0 Å². The Morgan fingerprint density at radius 1 is 1.53 bits per heavy atom. The van der Waals surface area contributed by atoms with Crippen molar-refractivity contribution in [2.24, 2.45) is 0 Å². The Bertz CT molecular complexity index is 433. The SMILES string of the molecule is Cc1csc(SC2CCCC(CO)(NC3CC3)C2)n1. The van der Waals surface area contributed by atoms with E-state index in [4.69, 9.17) is 0 Å². The zero-order chi connectivity index (χ0) is 13.3. The molecule has 0 amide bonds. The molecule has 1 aromatic rings. The third-order valence-corrected chi connectivity index (χ3v) is 6.41. The maximum atomic E-state index is 9.82. The topological polar surface area (TPSA) is 45.1 Å². The van der Waals surface area contributed by atoms with E-state index < -0.39 is 0 Å². The van der Waals surface area contributed by atoms with E-state index in [0.717, 1.165) is 18.5 Å². The van der Waals surface area contributed by atoms with Crippen LogP contribution in [0.2, 0.25) is 0 Å². The van der Waals surface area contributed by atoms with Gasteiger partial charge in [-0.3, -0.25) is 0 Å². The second-order valence-electron chi connectivity index (χ2n) is 5.95. The van der Waals surface area contributed by atoms with Gasteiger partial charge >= 0.3 is 0 Å². The van der Waals surface area contributed by atoms with E-state index in [1.54, 1.807) is 11.3 Å². The van der Waals surface area contributed by atoms with Crippen LogP contribution in [-0.4, -0.2) is 33.5 Å². The van der Waals surface area contributed by atoms with Crippen LogP contribution in [0, 0.1) is 6.92 Å². The molecule has 19 heavy (non-hydrogen) atoms. The number of aryl methyl sites for hydroxylation is 1. The van der Waals surface area contributed by atoms with Crippen LogP contribution in [0.3, 0.4) is 0 Å².